The molecule has 3 aromatic heterocycles. The van der Waals surface area contributed by atoms with Crippen molar-refractivity contribution in [1.82, 2.24) is 19.7 Å². The number of aryl methyl sites for hydroxylation is 1. The highest BCUT2D eigenvalue weighted by atomic mass is 32.1. The van der Waals surface area contributed by atoms with Gasteiger partial charge in [0.15, 0.2) is 0 Å². The number of H-pyrrole nitrogens is 1. The summed E-state index contributed by atoms with van der Waals surface area (Å²) in [4.78, 5) is 18.5. The number of benzene rings is 1. The third-order valence-electron chi connectivity index (χ3n) is 6.86. The summed E-state index contributed by atoms with van der Waals surface area (Å²) in [6.45, 7) is 6.26. The van der Waals surface area contributed by atoms with E-state index in [1.165, 1.54) is 60.5 Å². The Labute approximate surface area is 185 Å². The lowest BCUT2D eigenvalue weighted by atomic mass is 10.1. The zero-order valence-corrected chi connectivity index (χ0v) is 18.8. The minimum Gasteiger partial charge on any atom is -0.307 e. The summed E-state index contributed by atoms with van der Waals surface area (Å²) in [6, 6.07) is 11.1. The van der Waals surface area contributed by atoms with E-state index in [2.05, 4.69) is 45.4 Å². The van der Waals surface area contributed by atoms with Gasteiger partial charge in [0.2, 0.25) is 0 Å². The van der Waals surface area contributed by atoms with Crippen LogP contribution in [0, 0.1) is 12.8 Å². The summed E-state index contributed by atoms with van der Waals surface area (Å²) in [5.74, 6) is 0.639. The summed E-state index contributed by atoms with van der Waals surface area (Å²) in [7, 11) is 0. The normalized spacial score (nSPS) is 17.7. The Balaban J connectivity index is 1.42. The number of hydrogen-bond acceptors (Lipinski definition) is 4. The van der Waals surface area contributed by atoms with Crippen LogP contribution in [0.4, 0.5) is 0 Å². The Bertz CT molecular complexity index is 1320. The second-order valence-corrected chi connectivity index (χ2v) is 10.4. The van der Waals surface area contributed by atoms with E-state index in [4.69, 9.17) is 0 Å². The van der Waals surface area contributed by atoms with Gasteiger partial charge in [-0.1, -0.05) is 12.5 Å². The molecule has 2 aliphatic rings. The summed E-state index contributed by atoms with van der Waals surface area (Å²) in [6.07, 6.45) is 6.47. The molecule has 0 amide bonds. The molecule has 1 aliphatic carbocycles. The minimum absolute atomic E-state index is 0.0911. The molecule has 1 aromatic carbocycles. The lowest BCUT2D eigenvalue weighted by Gasteiger charge is -2.25. The maximum atomic E-state index is 13.2. The van der Waals surface area contributed by atoms with Crippen molar-refractivity contribution in [1.29, 1.82) is 0 Å². The van der Waals surface area contributed by atoms with Crippen LogP contribution in [0.5, 0.6) is 0 Å². The first-order valence-corrected chi connectivity index (χ1v) is 12.3. The van der Waals surface area contributed by atoms with Crippen molar-refractivity contribution in [2.45, 2.75) is 52.1 Å². The summed E-state index contributed by atoms with van der Waals surface area (Å²) in [5.41, 5.74) is 3.97. The first-order valence-electron chi connectivity index (χ1n) is 11.5. The number of thiophene rings is 1. The molecule has 0 bridgehead atoms. The SMILES string of the molecule is Cc1[nH]nc2c1c(=O)n(CC1CC1)c1ccc(-c3ccc(CN4CCCCC4)s3)cc21. The van der Waals surface area contributed by atoms with Crippen molar-refractivity contribution in [2.75, 3.05) is 13.1 Å². The fourth-order valence-electron chi connectivity index (χ4n) is 4.94. The molecule has 1 saturated carbocycles. The average Bonchev–Trinajstić information content (AvgIpc) is 3.35. The highest BCUT2D eigenvalue weighted by Crippen LogP contribution is 2.35. The van der Waals surface area contributed by atoms with Crippen molar-refractivity contribution >= 4 is 33.1 Å². The second-order valence-electron chi connectivity index (χ2n) is 9.27. The van der Waals surface area contributed by atoms with Gasteiger partial charge in [0, 0.05) is 33.9 Å². The van der Waals surface area contributed by atoms with Crippen LogP contribution in [-0.2, 0) is 13.1 Å². The van der Waals surface area contributed by atoms with Gasteiger partial charge in [-0.05, 0) is 81.4 Å². The number of aromatic amines is 1. The number of hydrogen-bond donors (Lipinski definition) is 1. The van der Waals surface area contributed by atoms with Gasteiger partial charge < -0.3 is 4.57 Å². The maximum Gasteiger partial charge on any atom is 0.262 e. The molecule has 2 fully saturated rings. The molecule has 1 saturated heterocycles. The Morgan fingerprint density at radius 3 is 2.77 bits per heavy atom. The van der Waals surface area contributed by atoms with E-state index in [0.717, 1.165) is 40.6 Å². The third kappa shape index (κ3) is 3.52. The van der Waals surface area contributed by atoms with E-state index >= 15 is 0 Å². The van der Waals surface area contributed by atoms with Crippen molar-refractivity contribution < 1.29 is 0 Å². The fourth-order valence-corrected chi connectivity index (χ4v) is 5.99. The quantitative estimate of drug-likeness (QED) is 0.465. The second kappa shape index (κ2) is 7.61. The number of likely N-dealkylation sites (tertiary alicyclic amines) is 1. The van der Waals surface area contributed by atoms with Gasteiger partial charge in [0.05, 0.1) is 10.9 Å². The highest BCUT2D eigenvalue weighted by molar-refractivity contribution is 7.15. The van der Waals surface area contributed by atoms with Crippen molar-refractivity contribution in [3.63, 3.8) is 0 Å². The van der Waals surface area contributed by atoms with E-state index in [1.54, 1.807) is 0 Å². The number of piperidine rings is 1. The number of nitrogens with one attached hydrogen (secondary N) is 1. The lowest BCUT2D eigenvalue weighted by molar-refractivity contribution is 0.222. The van der Waals surface area contributed by atoms with Gasteiger partial charge >= 0.3 is 0 Å². The van der Waals surface area contributed by atoms with Crippen LogP contribution >= 0.6 is 11.3 Å². The third-order valence-corrected chi connectivity index (χ3v) is 7.98. The van der Waals surface area contributed by atoms with Gasteiger partial charge in [-0.15, -0.1) is 11.3 Å². The molecule has 160 valence electrons. The van der Waals surface area contributed by atoms with Gasteiger partial charge in [0.25, 0.3) is 5.56 Å². The van der Waals surface area contributed by atoms with Crippen molar-refractivity contribution in [2.24, 2.45) is 5.92 Å². The molecule has 5 nitrogen and oxygen atoms in total. The summed E-state index contributed by atoms with van der Waals surface area (Å²) < 4.78 is 1.98. The predicted octanol–water partition coefficient (Wildman–Crippen LogP) is 5.31. The molecular formula is C25H28N4OS. The number of pyridine rings is 1. The predicted molar refractivity (Wildman–Crippen MR) is 128 cm³/mol. The zero-order chi connectivity index (χ0) is 20.9. The Kier molecular flexibility index (Phi) is 4.73. The van der Waals surface area contributed by atoms with E-state index in [9.17, 15) is 4.79 Å². The molecule has 0 radical (unpaired) electrons. The molecule has 0 atom stereocenters. The van der Waals surface area contributed by atoms with Crippen LogP contribution < -0.4 is 5.56 Å². The molecule has 6 rings (SSSR count). The molecule has 1 N–H and O–H groups in total. The van der Waals surface area contributed by atoms with E-state index in [0.29, 0.717) is 5.92 Å². The number of rotatable bonds is 5. The fraction of sp³-hybridized carbons (Fsp3) is 0.440. The largest absolute Gasteiger partial charge is 0.307 e. The Morgan fingerprint density at radius 1 is 1.13 bits per heavy atom. The molecule has 31 heavy (non-hydrogen) atoms. The van der Waals surface area contributed by atoms with Crippen LogP contribution in [-0.4, -0.2) is 32.8 Å². The van der Waals surface area contributed by atoms with Crippen LogP contribution in [0.15, 0.2) is 35.1 Å². The minimum atomic E-state index is 0.0911. The van der Waals surface area contributed by atoms with Gasteiger partial charge in [-0.2, -0.15) is 5.10 Å². The van der Waals surface area contributed by atoms with Gasteiger partial charge in [-0.25, -0.2) is 0 Å². The smallest absolute Gasteiger partial charge is 0.262 e. The monoisotopic (exact) mass is 432 g/mol. The van der Waals surface area contributed by atoms with E-state index < -0.39 is 0 Å². The van der Waals surface area contributed by atoms with Crippen molar-refractivity contribution in [3.05, 3.63) is 51.3 Å². The van der Waals surface area contributed by atoms with Crippen LogP contribution in [0.2, 0.25) is 0 Å². The lowest BCUT2D eigenvalue weighted by Crippen LogP contribution is -2.28. The topological polar surface area (TPSA) is 53.9 Å². The molecular weight excluding hydrogens is 404 g/mol. The summed E-state index contributed by atoms with van der Waals surface area (Å²) in [5, 5.41) is 9.38. The average molecular weight is 433 g/mol. The Hall–Kier alpha value is -2.44. The summed E-state index contributed by atoms with van der Waals surface area (Å²) >= 11 is 1.89. The van der Waals surface area contributed by atoms with Gasteiger partial charge in [-0.3, -0.25) is 14.8 Å². The molecule has 0 unspecified atom stereocenters. The first kappa shape index (κ1) is 19.3. The Morgan fingerprint density at radius 2 is 1.97 bits per heavy atom. The standard InChI is InChI=1S/C25H28N4OS/c1-16-23-24(27-26-16)20-13-18(7-9-21(20)29(25(23)30)14-17-5-6-17)22-10-8-19(31-22)15-28-11-3-2-4-12-28/h7-10,13,17H,2-6,11-12,14-15H2,1H3,(H,26,27). The molecule has 4 heterocycles. The molecule has 1 aliphatic heterocycles. The number of fused-ring (bicyclic) bond motifs is 3. The maximum absolute atomic E-state index is 13.2. The van der Waals surface area contributed by atoms with Crippen LogP contribution in [0.3, 0.4) is 0 Å². The van der Waals surface area contributed by atoms with E-state index in [1.807, 2.05) is 22.8 Å². The number of aromatic nitrogens is 3. The highest BCUT2D eigenvalue weighted by Gasteiger charge is 2.25. The van der Waals surface area contributed by atoms with Crippen LogP contribution in [0.1, 0.15) is 42.7 Å². The molecule has 0 spiro atoms. The van der Waals surface area contributed by atoms with Gasteiger partial charge in [0.1, 0.15) is 5.52 Å². The zero-order valence-electron chi connectivity index (χ0n) is 18.0. The first-order chi connectivity index (χ1) is 15.2. The van der Waals surface area contributed by atoms with Crippen LogP contribution in [0.25, 0.3) is 32.2 Å². The van der Waals surface area contributed by atoms with Crippen molar-refractivity contribution in [3.8, 4) is 10.4 Å². The molecule has 4 aromatic rings. The molecule has 6 heteroatoms. The van der Waals surface area contributed by atoms with E-state index in [-0.39, 0.29) is 5.56 Å². The number of nitrogens with zero attached hydrogens (tertiary/aromatic N) is 3.